The van der Waals surface area contributed by atoms with E-state index in [1.807, 2.05) is 30.3 Å². The predicted molar refractivity (Wildman–Crippen MR) is 121 cm³/mol. The fourth-order valence-corrected chi connectivity index (χ4v) is 4.81. The van der Waals surface area contributed by atoms with Crippen LogP contribution in [0.25, 0.3) is 10.9 Å². The van der Waals surface area contributed by atoms with E-state index in [4.69, 9.17) is 14.1 Å². The van der Waals surface area contributed by atoms with Crippen LogP contribution in [-0.4, -0.2) is 39.5 Å². The Morgan fingerprint density at radius 3 is 2.66 bits per heavy atom. The molecule has 0 spiro atoms. The third kappa shape index (κ3) is 4.09. The van der Waals surface area contributed by atoms with Crippen molar-refractivity contribution in [1.29, 1.82) is 0 Å². The number of aromatic nitrogens is 1. The van der Waals surface area contributed by atoms with Crippen molar-refractivity contribution in [2.45, 2.75) is 45.0 Å². The number of hydrogen-bond donors (Lipinski definition) is 0. The summed E-state index contributed by atoms with van der Waals surface area (Å²) in [5, 5.41) is 1.07. The lowest BCUT2D eigenvalue weighted by Gasteiger charge is -2.45. The lowest BCUT2D eigenvalue weighted by Crippen LogP contribution is -2.49. The number of rotatable bonds is 5. The molecule has 2 atom stereocenters. The van der Waals surface area contributed by atoms with Gasteiger partial charge in [-0.25, -0.2) is 4.98 Å². The van der Waals surface area contributed by atoms with Gasteiger partial charge >= 0.3 is 5.97 Å². The Hall–Kier alpha value is -2.18. The molecule has 2 heterocycles. The highest BCUT2D eigenvalue weighted by atomic mass is 28.4. The van der Waals surface area contributed by atoms with Gasteiger partial charge in [0.25, 0.3) is 0 Å². The van der Waals surface area contributed by atoms with Crippen LogP contribution in [0.15, 0.2) is 43.0 Å². The van der Waals surface area contributed by atoms with Gasteiger partial charge in [-0.15, -0.1) is 6.58 Å². The molecule has 1 aliphatic rings. The van der Waals surface area contributed by atoms with Crippen LogP contribution in [0.1, 0.15) is 32.4 Å². The first kappa shape index (κ1) is 21.5. The molecule has 29 heavy (non-hydrogen) atoms. The Labute approximate surface area is 174 Å². The lowest BCUT2D eigenvalue weighted by atomic mass is 9.90. The SMILES string of the molecule is C=CCN1C[C@H](C(=O)OC)[C@H](O[Si](C)(C)C(C)(C)C)c2cc3ccccc3nc21. The molecular formula is C23H32N2O3Si. The van der Waals surface area contributed by atoms with E-state index in [0.717, 1.165) is 22.3 Å². The summed E-state index contributed by atoms with van der Waals surface area (Å²) in [4.78, 5) is 19.8. The number of para-hydroxylation sites is 1. The van der Waals surface area contributed by atoms with Crippen molar-refractivity contribution in [2.75, 3.05) is 25.1 Å². The Morgan fingerprint density at radius 2 is 2.03 bits per heavy atom. The second kappa shape index (κ2) is 7.92. The molecule has 0 unspecified atom stereocenters. The molecule has 0 saturated carbocycles. The number of nitrogens with zero attached hydrogens (tertiary/aromatic N) is 2. The first-order chi connectivity index (χ1) is 13.6. The third-order valence-corrected chi connectivity index (χ3v) is 10.7. The molecule has 156 valence electrons. The second-order valence-corrected chi connectivity index (χ2v) is 14.0. The predicted octanol–water partition coefficient (Wildman–Crippen LogP) is 5.09. The van der Waals surface area contributed by atoms with Gasteiger partial charge in [-0.05, 0) is 30.3 Å². The van der Waals surface area contributed by atoms with Crippen molar-refractivity contribution in [1.82, 2.24) is 4.98 Å². The highest BCUT2D eigenvalue weighted by Gasteiger charge is 2.46. The summed E-state index contributed by atoms with van der Waals surface area (Å²) in [5.41, 5.74) is 1.89. The number of benzene rings is 1. The van der Waals surface area contributed by atoms with E-state index in [2.05, 4.69) is 51.4 Å². The number of hydrogen-bond acceptors (Lipinski definition) is 5. The number of carbonyl (C=O) groups is 1. The van der Waals surface area contributed by atoms with E-state index in [1.165, 1.54) is 7.11 Å². The van der Waals surface area contributed by atoms with E-state index in [1.54, 1.807) is 0 Å². The van der Waals surface area contributed by atoms with Crippen LogP contribution in [0.5, 0.6) is 0 Å². The molecule has 0 bridgehead atoms. The van der Waals surface area contributed by atoms with Gasteiger partial charge in [-0.3, -0.25) is 4.79 Å². The van der Waals surface area contributed by atoms with Gasteiger partial charge in [-0.1, -0.05) is 45.0 Å². The van der Waals surface area contributed by atoms with Crippen molar-refractivity contribution < 1.29 is 14.0 Å². The Kier molecular flexibility index (Phi) is 5.88. The van der Waals surface area contributed by atoms with Gasteiger partial charge in [0.2, 0.25) is 0 Å². The first-order valence-corrected chi connectivity index (χ1v) is 13.0. The normalized spacial score (nSPS) is 19.7. The molecule has 0 saturated heterocycles. The largest absolute Gasteiger partial charge is 0.469 e. The molecule has 1 aromatic heterocycles. The van der Waals surface area contributed by atoms with Crippen molar-refractivity contribution in [3.05, 3.63) is 48.6 Å². The summed E-state index contributed by atoms with van der Waals surface area (Å²) >= 11 is 0. The monoisotopic (exact) mass is 412 g/mol. The van der Waals surface area contributed by atoms with Gasteiger partial charge in [0.15, 0.2) is 8.32 Å². The molecule has 1 aliphatic heterocycles. The molecule has 0 fully saturated rings. The van der Waals surface area contributed by atoms with E-state index in [9.17, 15) is 4.79 Å². The summed E-state index contributed by atoms with van der Waals surface area (Å²) in [6, 6.07) is 10.2. The Bertz CT molecular complexity index is 920. The molecular weight excluding hydrogens is 380 g/mol. The zero-order valence-electron chi connectivity index (χ0n) is 18.4. The summed E-state index contributed by atoms with van der Waals surface area (Å²) in [6.45, 7) is 16.0. The average molecular weight is 413 g/mol. The van der Waals surface area contributed by atoms with Gasteiger partial charge in [0.05, 0.1) is 18.7 Å². The van der Waals surface area contributed by atoms with Crippen molar-refractivity contribution in [3.8, 4) is 0 Å². The number of ether oxygens (including phenoxy) is 1. The van der Waals surface area contributed by atoms with Crippen molar-refractivity contribution >= 4 is 31.0 Å². The molecule has 5 nitrogen and oxygen atoms in total. The molecule has 0 aliphatic carbocycles. The van der Waals surface area contributed by atoms with Crippen LogP contribution in [0.2, 0.25) is 18.1 Å². The van der Waals surface area contributed by atoms with Crippen LogP contribution in [-0.2, 0) is 14.0 Å². The van der Waals surface area contributed by atoms with Crippen LogP contribution in [0.4, 0.5) is 5.82 Å². The fraction of sp³-hybridized carbons (Fsp3) is 0.478. The Balaban J connectivity index is 2.19. The quantitative estimate of drug-likeness (QED) is 0.389. The van der Waals surface area contributed by atoms with Crippen molar-refractivity contribution in [2.24, 2.45) is 5.92 Å². The number of fused-ring (bicyclic) bond motifs is 2. The molecule has 0 radical (unpaired) electrons. The Morgan fingerprint density at radius 1 is 1.34 bits per heavy atom. The van der Waals surface area contributed by atoms with E-state index in [0.29, 0.717) is 13.1 Å². The van der Waals surface area contributed by atoms with Gasteiger partial charge < -0.3 is 14.1 Å². The molecule has 0 N–H and O–H groups in total. The minimum Gasteiger partial charge on any atom is -0.469 e. The summed E-state index contributed by atoms with van der Waals surface area (Å²) in [7, 11) is -0.701. The summed E-state index contributed by atoms with van der Waals surface area (Å²) in [6.07, 6.45) is 1.46. The molecule has 0 amide bonds. The van der Waals surface area contributed by atoms with Gasteiger partial charge in [0.1, 0.15) is 11.7 Å². The lowest BCUT2D eigenvalue weighted by molar-refractivity contribution is -0.149. The summed E-state index contributed by atoms with van der Waals surface area (Å²) in [5.74, 6) is 0.207. The molecule has 2 aromatic rings. The highest BCUT2D eigenvalue weighted by molar-refractivity contribution is 6.74. The maximum atomic E-state index is 12.8. The number of esters is 1. The van der Waals surface area contributed by atoms with E-state index < -0.39 is 14.2 Å². The number of pyridine rings is 1. The van der Waals surface area contributed by atoms with Crippen molar-refractivity contribution in [3.63, 3.8) is 0 Å². The smallest absolute Gasteiger partial charge is 0.313 e. The van der Waals surface area contributed by atoms with E-state index in [-0.39, 0.29) is 17.1 Å². The number of carbonyl (C=O) groups excluding carboxylic acids is 1. The minimum absolute atomic E-state index is 0.0242. The molecule has 6 heteroatoms. The number of methoxy groups -OCH3 is 1. The van der Waals surface area contributed by atoms with Crippen LogP contribution < -0.4 is 4.90 Å². The van der Waals surface area contributed by atoms with Crippen LogP contribution in [0, 0.1) is 5.92 Å². The zero-order chi connectivity index (χ0) is 21.4. The third-order valence-electron chi connectivity index (χ3n) is 6.20. The van der Waals surface area contributed by atoms with Gasteiger partial charge in [0, 0.05) is 24.0 Å². The maximum Gasteiger partial charge on any atom is 0.313 e. The molecule has 3 rings (SSSR count). The van der Waals surface area contributed by atoms with E-state index >= 15 is 0 Å². The summed E-state index contributed by atoms with van der Waals surface area (Å²) < 4.78 is 12.0. The van der Waals surface area contributed by atoms with Gasteiger partial charge in [-0.2, -0.15) is 0 Å². The molecule has 1 aromatic carbocycles. The first-order valence-electron chi connectivity index (χ1n) is 10.1. The van der Waals surface area contributed by atoms with Crippen LogP contribution in [0.3, 0.4) is 0 Å². The minimum atomic E-state index is -2.14. The number of anilines is 1. The van der Waals surface area contributed by atoms with Crippen LogP contribution >= 0.6 is 0 Å². The standard InChI is InChI=1S/C23H32N2O3Si/c1-8-13-25-15-18(22(26)27-5)20(28-29(6,7)23(2,3)4)17-14-16-11-9-10-12-19(16)24-21(17)25/h8-12,14,18,20H,1,13,15H2,2-7H3/t18-,20+/m0/s1. The zero-order valence-corrected chi connectivity index (χ0v) is 19.4. The second-order valence-electron chi connectivity index (χ2n) is 9.22. The average Bonchev–Trinajstić information content (AvgIpc) is 2.67. The fourth-order valence-electron chi connectivity index (χ4n) is 3.53. The maximum absolute atomic E-state index is 12.8. The topological polar surface area (TPSA) is 51.7 Å². The highest BCUT2D eigenvalue weighted by Crippen LogP contribution is 2.46.